The van der Waals surface area contributed by atoms with Gasteiger partial charge in [0.2, 0.25) is 5.91 Å². The molecule has 0 spiro atoms. The van der Waals surface area contributed by atoms with Crippen LogP contribution in [0.15, 0.2) is 24.9 Å². The molecule has 0 aromatic carbocycles. The molecule has 2 fully saturated rings. The number of nitrogens with zero attached hydrogens (tertiary/aromatic N) is 4. The second kappa shape index (κ2) is 6.34. The van der Waals surface area contributed by atoms with Crippen molar-refractivity contribution < 1.29 is 9.59 Å². The number of aromatic nitrogens is 4. The van der Waals surface area contributed by atoms with E-state index in [1.54, 1.807) is 6.20 Å². The SMILES string of the molecule is Cn1ccnc1[C@@H]1[C@@H](CNC(=O)c2cnc[nH]2)CCC(=O)N1C1CC1. The van der Waals surface area contributed by atoms with Crippen LogP contribution < -0.4 is 5.32 Å². The highest BCUT2D eigenvalue weighted by Crippen LogP contribution is 2.42. The van der Waals surface area contributed by atoms with Crippen LogP contribution in [0.4, 0.5) is 0 Å². The maximum absolute atomic E-state index is 12.6. The number of hydrogen-bond donors (Lipinski definition) is 2. The molecule has 0 radical (unpaired) electrons. The fourth-order valence-electron chi connectivity index (χ4n) is 3.67. The normalized spacial score (nSPS) is 23.7. The molecule has 1 saturated carbocycles. The molecule has 4 rings (SSSR count). The van der Waals surface area contributed by atoms with E-state index in [9.17, 15) is 9.59 Å². The van der Waals surface area contributed by atoms with E-state index in [0.717, 1.165) is 25.1 Å². The van der Waals surface area contributed by atoms with Crippen LogP contribution in [0.2, 0.25) is 0 Å². The van der Waals surface area contributed by atoms with Gasteiger partial charge in [-0.05, 0) is 19.3 Å². The van der Waals surface area contributed by atoms with Crippen LogP contribution in [-0.2, 0) is 11.8 Å². The summed E-state index contributed by atoms with van der Waals surface area (Å²) < 4.78 is 1.97. The van der Waals surface area contributed by atoms with Crippen LogP contribution in [0.1, 0.15) is 48.0 Å². The number of hydrogen-bond acceptors (Lipinski definition) is 4. The first-order chi connectivity index (χ1) is 12.1. The maximum atomic E-state index is 12.6. The Morgan fingerprint density at radius 2 is 2.24 bits per heavy atom. The van der Waals surface area contributed by atoms with Crippen molar-refractivity contribution in [3.8, 4) is 0 Å². The molecule has 2 aliphatic rings. The van der Waals surface area contributed by atoms with Gasteiger partial charge in [-0.15, -0.1) is 0 Å². The van der Waals surface area contributed by atoms with Gasteiger partial charge in [0.05, 0.1) is 18.6 Å². The lowest BCUT2D eigenvalue weighted by Gasteiger charge is -2.41. The summed E-state index contributed by atoms with van der Waals surface area (Å²) in [5, 5.41) is 2.98. The third-order valence-corrected chi connectivity index (χ3v) is 5.09. The van der Waals surface area contributed by atoms with Crippen molar-refractivity contribution in [3.63, 3.8) is 0 Å². The summed E-state index contributed by atoms with van der Waals surface area (Å²) in [6.07, 6.45) is 10.1. The Hall–Kier alpha value is -2.64. The molecule has 25 heavy (non-hydrogen) atoms. The molecule has 3 heterocycles. The number of likely N-dealkylation sites (tertiary alicyclic amines) is 1. The van der Waals surface area contributed by atoms with Crippen molar-refractivity contribution in [1.82, 2.24) is 29.7 Å². The predicted octanol–water partition coefficient (Wildman–Crippen LogP) is 1.02. The fourth-order valence-corrected chi connectivity index (χ4v) is 3.67. The lowest BCUT2D eigenvalue weighted by molar-refractivity contribution is -0.140. The van der Waals surface area contributed by atoms with E-state index in [4.69, 9.17) is 0 Å². The average molecular weight is 342 g/mol. The minimum absolute atomic E-state index is 0.0872. The molecule has 1 aliphatic heterocycles. The van der Waals surface area contributed by atoms with Crippen molar-refractivity contribution in [3.05, 3.63) is 36.4 Å². The number of rotatable bonds is 5. The summed E-state index contributed by atoms with van der Waals surface area (Å²) in [6.45, 7) is 0.506. The standard InChI is InChI=1S/C17H22N6O2/c1-22-7-6-19-16(22)15-11(2-5-14(24)23(15)12-3-4-12)8-20-17(25)13-9-18-10-21-13/h6-7,9-12,15H,2-5,8H2,1H3,(H,18,21)(H,20,25)/t11-,15+/m1/s1. The Morgan fingerprint density at radius 1 is 1.40 bits per heavy atom. The number of carbonyl (C=O) groups excluding carboxylic acids is 2. The lowest BCUT2D eigenvalue weighted by Crippen LogP contribution is -2.48. The van der Waals surface area contributed by atoms with E-state index in [-0.39, 0.29) is 23.8 Å². The van der Waals surface area contributed by atoms with Gasteiger partial charge in [-0.3, -0.25) is 9.59 Å². The molecule has 1 aliphatic carbocycles. The number of carbonyl (C=O) groups is 2. The van der Waals surface area contributed by atoms with Crippen molar-refractivity contribution in [2.75, 3.05) is 6.54 Å². The molecule has 2 aromatic heterocycles. The molecule has 8 nitrogen and oxygen atoms in total. The zero-order chi connectivity index (χ0) is 17.4. The van der Waals surface area contributed by atoms with E-state index in [0.29, 0.717) is 24.7 Å². The Balaban J connectivity index is 1.55. The van der Waals surface area contributed by atoms with Gasteiger partial charge in [0.15, 0.2) is 0 Å². The van der Waals surface area contributed by atoms with Crippen LogP contribution in [-0.4, -0.2) is 48.8 Å². The monoisotopic (exact) mass is 342 g/mol. The van der Waals surface area contributed by atoms with Gasteiger partial charge in [0.1, 0.15) is 11.5 Å². The fraction of sp³-hybridized carbons (Fsp3) is 0.529. The Bertz CT molecular complexity index is 764. The second-order valence-corrected chi connectivity index (χ2v) is 6.85. The third-order valence-electron chi connectivity index (χ3n) is 5.09. The molecular weight excluding hydrogens is 320 g/mol. The minimum Gasteiger partial charge on any atom is -0.350 e. The molecular formula is C17H22N6O2. The van der Waals surface area contributed by atoms with E-state index in [2.05, 4.69) is 20.3 Å². The number of aromatic amines is 1. The molecule has 2 aromatic rings. The molecule has 132 valence electrons. The summed E-state index contributed by atoms with van der Waals surface area (Å²) in [5.41, 5.74) is 0.444. The average Bonchev–Trinajstić information content (AvgIpc) is 3.11. The lowest BCUT2D eigenvalue weighted by atomic mass is 9.87. The zero-order valence-corrected chi connectivity index (χ0v) is 14.2. The van der Waals surface area contributed by atoms with Gasteiger partial charge < -0.3 is 19.8 Å². The molecule has 0 unspecified atom stereocenters. The Kier molecular flexibility index (Phi) is 4.03. The van der Waals surface area contributed by atoms with Gasteiger partial charge in [-0.2, -0.15) is 0 Å². The Morgan fingerprint density at radius 3 is 2.88 bits per heavy atom. The summed E-state index contributed by atoms with van der Waals surface area (Å²) in [6, 6.07) is 0.233. The maximum Gasteiger partial charge on any atom is 0.269 e. The highest BCUT2D eigenvalue weighted by atomic mass is 16.2. The number of amides is 2. The number of imidazole rings is 2. The quantitative estimate of drug-likeness (QED) is 0.848. The highest BCUT2D eigenvalue weighted by molar-refractivity contribution is 5.91. The number of nitrogens with one attached hydrogen (secondary N) is 2. The number of H-pyrrole nitrogens is 1. The summed E-state index contributed by atoms with van der Waals surface area (Å²) >= 11 is 0. The number of piperidine rings is 1. The zero-order valence-electron chi connectivity index (χ0n) is 14.2. The van der Waals surface area contributed by atoms with Crippen LogP contribution >= 0.6 is 0 Å². The first-order valence-electron chi connectivity index (χ1n) is 8.70. The topological polar surface area (TPSA) is 95.9 Å². The van der Waals surface area contributed by atoms with Crippen LogP contribution in [0.25, 0.3) is 0 Å². The van der Waals surface area contributed by atoms with Gasteiger partial charge in [-0.25, -0.2) is 9.97 Å². The Labute approximate surface area is 145 Å². The van der Waals surface area contributed by atoms with Crippen LogP contribution in [0, 0.1) is 5.92 Å². The third kappa shape index (κ3) is 3.04. The largest absolute Gasteiger partial charge is 0.350 e. The first kappa shape index (κ1) is 15.9. The van der Waals surface area contributed by atoms with E-state index in [1.165, 1.54) is 12.5 Å². The summed E-state index contributed by atoms with van der Waals surface area (Å²) in [5.74, 6) is 1.06. The number of aryl methyl sites for hydroxylation is 1. The van der Waals surface area contributed by atoms with Crippen molar-refractivity contribution >= 4 is 11.8 Å². The minimum atomic E-state index is -0.175. The molecule has 1 saturated heterocycles. The van der Waals surface area contributed by atoms with Crippen LogP contribution in [0.3, 0.4) is 0 Å². The van der Waals surface area contributed by atoms with Gasteiger partial charge >= 0.3 is 0 Å². The van der Waals surface area contributed by atoms with E-state index in [1.807, 2.05) is 22.7 Å². The molecule has 2 N–H and O–H groups in total. The predicted molar refractivity (Wildman–Crippen MR) is 89.5 cm³/mol. The van der Waals surface area contributed by atoms with Crippen LogP contribution in [0.5, 0.6) is 0 Å². The smallest absolute Gasteiger partial charge is 0.269 e. The molecule has 2 atom stereocenters. The van der Waals surface area contributed by atoms with Crippen molar-refractivity contribution in [2.24, 2.45) is 13.0 Å². The second-order valence-electron chi connectivity index (χ2n) is 6.85. The van der Waals surface area contributed by atoms with Crippen molar-refractivity contribution in [1.29, 1.82) is 0 Å². The molecule has 0 bridgehead atoms. The van der Waals surface area contributed by atoms with Gasteiger partial charge in [0, 0.05) is 44.4 Å². The summed E-state index contributed by atoms with van der Waals surface area (Å²) in [7, 11) is 1.95. The van der Waals surface area contributed by atoms with Crippen molar-refractivity contribution in [2.45, 2.75) is 37.8 Å². The van der Waals surface area contributed by atoms with E-state index >= 15 is 0 Å². The van der Waals surface area contributed by atoms with Gasteiger partial charge in [-0.1, -0.05) is 0 Å². The van der Waals surface area contributed by atoms with E-state index < -0.39 is 0 Å². The molecule has 8 heteroatoms. The highest BCUT2D eigenvalue weighted by Gasteiger charge is 2.45. The van der Waals surface area contributed by atoms with Gasteiger partial charge in [0.25, 0.3) is 5.91 Å². The summed E-state index contributed by atoms with van der Waals surface area (Å²) in [4.78, 5) is 38.0. The molecule has 2 amide bonds. The first-order valence-corrected chi connectivity index (χ1v) is 8.70.